The summed E-state index contributed by atoms with van der Waals surface area (Å²) in [5.41, 5.74) is 6.95. The number of nitrogens with zero attached hydrogens (tertiary/aromatic N) is 1. The van der Waals surface area contributed by atoms with Crippen LogP contribution in [0.2, 0.25) is 0 Å². The molecular weight excluding hydrogens is 290 g/mol. The van der Waals surface area contributed by atoms with Gasteiger partial charge in [0.2, 0.25) is 15.9 Å². The van der Waals surface area contributed by atoms with Crippen LogP contribution < -0.4 is 11.1 Å². The SMILES string of the molecule is CCNC(=O)CN(CC)S(=O)(=O)c1cc(CN)ccc1C. The number of amides is 1. The number of sulfonamides is 1. The van der Waals surface area contributed by atoms with Gasteiger partial charge in [-0.05, 0) is 31.0 Å². The lowest BCUT2D eigenvalue weighted by atomic mass is 10.1. The van der Waals surface area contributed by atoms with E-state index in [1.165, 1.54) is 4.31 Å². The van der Waals surface area contributed by atoms with E-state index in [0.717, 1.165) is 5.56 Å². The van der Waals surface area contributed by atoms with Crippen LogP contribution >= 0.6 is 0 Å². The Morgan fingerprint density at radius 2 is 2.00 bits per heavy atom. The summed E-state index contributed by atoms with van der Waals surface area (Å²) in [5, 5.41) is 2.61. The van der Waals surface area contributed by atoms with Crippen LogP contribution in [-0.2, 0) is 21.4 Å². The highest BCUT2D eigenvalue weighted by Crippen LogP contribution is 2.21. The summed E-state index contributed by atoms with van der Waals surface area (Å²) in [7, 11) is -3.71. The summed E-state index contributed by atoms with van der Waals surface area (Å²) < 4.78 is 26.6. The Morgan fingerprint density at radius 3 is 2.52 bits per heavy atom. The monoisotopic (exact) mass is 313 g/mol. The Morgan fingerprint density at radius 1 is 1.33 bits per heavy atom. The van der Waals surface area contributed by atoms with Crippen LogP contribution in [0.15, 0.2) is 23.1 Å². The molecule has 3 N–H and O–H groups in total. The van der Waals surface area contributed by atoms with E-state index in [9.17, 15) is 13.2 Å². The second-order valence-corrected chi connectivity index (χ2v) is 6.60. The molecule has 0 unspecified atom stereocenters. The lowest BCUT2D eigenvalue weighted by Crippen LogP contribution is -2.40. The van der Waals surface area contributed by atoms with E-state index in [2.05, 4.69) is 5.32 Å². The zero-order chi connectivity index (χ0) is 16.0. The van der Waals surface area contributed by atoms with Crippen molar-refractivity contribution < 1.29 is 13.2 Å². The number of nitrogens with two attached hydrogens (primary N) is 1. The first-order chi connectivity index (χ1) is 9.86. The lowest BCUT2D eigenvalue weighted by molar-refractivity contribution is -0.121. The van der Waals surface area contributed by atoms with Crippen molar-refractivity contribution in [2.45, 2.75) is 32.2 Å². The molecule has 6 nitrogen and oxygen atoms in total. The Kier molecular flexibility index (Phi) is 6.32. The highest BCUT2D eigenvalue weighted by Gasteiger charge is 2.26. The Balaban J connectivity index is 3.15. The fourth-order valence-corrected chi connectivity index (χ4v) is 3.65. The van der Waals surface area contributed by atoms with E-state index in [0.29, 0.717) is 12.1 Å². The van der Waals surface area contributed by atoms with E-state index in [1.54, 1.807) is 39.0 Å². The minimum Gasteiger partial charge on any atom is -0.355 e. The van der Waals surface area contributed by atoms with Crippen LogP contribution in [0.5, 0.6) is 0 Å². The molecule has 118 valence electrons. The number of rotatable bonds is 7. The highest BCUT2D eigenvalue weighted by atomic mass is 32.2. The topological polar surface area (TPSA) is 92.5 Å². The predicted octanol–water partition coefficient (Wildman–Crippen LogP) is 0.600. The van der Waals surface area contributed by atoms with Crippen molar-refractivity contribution in [3.05, 3.63) is 29.3 Å². The molecule has 21 heavy (non-hydrogen) atoms. The summed E-state index contributed by atoms with van der Waals surface area (Å²) in [6.07, 6.45) is 0. The fourth-order valence-electron chi connectivity index (χ4n) is 1.97. The third-order valence-corrected chi connectivity index (χ3v) is 5.22. The first-order valence-electron chi connectivity index (χ1n) is 6.93. The van der Waals surface area contributed by atoms with Gasteiger partial charge < -0.3 is 11.1 Å². The van der Waals surface area contributed by atoms with Crippen molar-refractivity contribution >= 4 is 15.9 Å². The van der Waals surface area contributed by atoms with Crippen LogP contribution in [0.3, 0.4) is 0 Å². The smallest absolute Gasteiger partial charge is 0.243 e. The molecule has 0 bridgehead atoms. The molecule has 1 amide bonds. The standard InChI is InChI=1S/C14H23N3O3S/c1-4-16-14(18)10-17(5-2)21(19,20)13-8-12(9-15)7-6-11(13)3/h6-8H,4-5,9-10,15H2,1-3H3,(H,16,18). The van der Waals surface area contributed by atoms with Crippen molar-refractivity contribution in [3.8, 4) is 0 Å². The van der Waals surface area contributed by atoms with Crippen molar-refractivity contribution in [2.24, 2.45) is 5.73 Å². The summed E-state index contributed by atoms with van der Waals surface area (Å²) >= 11 is 0. The maximum Gasteiger partial charge on any atom is 0.243 e. The average Bonchev–Trinajstić information content (AvgIpc) is 2.45. The van der Waals surface area contributed by atoms with Crippen LogP contribution in [0.25, 0.3) is 0 Å². The first kappa shape index (κ1) is 17.6. The van der Waals surface area contributed by atoms with Crippen molar-refractivity contribution in [3.63, 3.8) is 0 Å². The first-order valence-corrected chi connectivity index (χ1v) is 8.37. The Labute approximate surface area is 126 Å². The molecule has 0 aliphatic rings. The predicted molar refractivity (Wildman–Crippen MR) is 82.2 cm³/mol. The molecule has 0 aliphatic heterocycles. The van der Waals surface area contributed by atoms with Gasteiger partial charge in [0.05, 0.1) is 11.4 Å². The molecule has 1 aromatic carbocycles. The number of aryl methyl sites for hydroxylation is 1. The molecule has 0 aromatic heterocycles. The van der Waals surface area contributed by atoms with Gasteiger partial charge in [-0.3, -0.25) is 4.79 Å². The number of carbonyl (C=O) groups is 1. The second-order valence-electron chi connectivity index (χ2n) is 4.69. The molecule has 1 aromatic rings. The number of hydrogen-bond acceptors (Lipinski definition) is 4. The summed E-state index contributed by atoms with van der Waals surface area (Å²) in [6, 6.07) is 5.11. The number of hydrogen-bond donors (Lipinski definition) is 2. The molecule has 0 heterocycles. The number of likely N-dealkylation sites (N-methyl/N-ethyl adjacent to an activating group) is 2. The van der Waals surface area contributed by atoms with E-state index < -0.39 is 10.0 Å². The van der Waals surface area contributed by atoms with Crippen LogP contribution in [0, 0.1) is 6.92 Å². The lowest BCUT2D eigenvalue weighted by Gasteiger charge is -2.21. The molecule has 0 fully saturated rings. The van der Waals surface area contributed by atoms with Gasteiger partial charge in [0.25, 0.3) is 0 Å². The summed E-state index contributed by atoms with van der Waals surface area (Å²) in [6.45, 7) is 6.01. The van der Waals surface area contributed by atoms with E-state index in [4.69, 9.17) is 5.73 Å². The van der Waals surface area contributed by atoms with Crippen LogP contribution in [0.1, 0.15) is 25.0 Å². The van der Waals surface area contributed by atoms with E-state index >= 15 is 0 Å². The van der Waals surface area contributed by atoms with Gasteiger partial charge in [0.1, 0.15) is 0 Å². The number of nitrogens with one attached hydrogen (secondary N) is 1. The van der Waals surface area contributed by atoms with Crippen molar-refractivity contribution in [1.29, 1.82) is 0 Å². The molecule has 0 aliphatic carbocycles. The summed E-state index contributed by atoms with van der Waals surface area (Å²) in [4.78, 5) is 11.9. The second kappa shape index (κ2) is 7.53. The third kappa shape index (κ3) is 4.26. The molecule has 0 saturated carbocycles. The fraction of sp³-hybridized carbons (Fsp3) is 0.500. The zero-order valence-corrected chi connectivity index (χ0v) is 13.5. The molecule has 0 saturated heterocycles. The Hall–Kier alpha value is -1.44. The van der Waals surface area contributed by atoms with Gasteiger partial charge >= 0.3 is 0 Å². The van der Waals surface area contributed by atoms with Gasteiger partial charge in [-0.1, -0.05) is 19.1 Å². The van der Waals surface area contributed by atoms with Gasteiger partial charge in [-0.2, -0.15) is 4.31 Å². The van der Waals surface area contributed by atoms with E-state index in [-0.39, 0.29) is 30.4 Å². The van der Waals surface area contributed by atoms with Gasteiger partial charge in [-0.25, -0.2) is 8.42 Å². The molecule has 0 radical (unpaired) electrons. The molecule has 0 atom stereocenters. The van der Waals surface area contributed by atoms with Gasteiger partial charge in [0.15, 0.2) is 0 Å². The van der Waals surface area contributed by atoms with Crippen molar-refractivity contribution in [1.82, 2.24) is 9.62 Å². The van der Waals surface area contributed by atoms with Gasteiger partial charge in [0, 0.05) is 19.6 Å². The van der Waals surface area contributed by atoms with Crippen LogP contribution in [0.4, 0.5) is 0 Å². The summed E-state index contributed by atoms with van der Waals surface area (Å²) in [5.74, 6) is -0.310. The quantitative estimate of drug-likeness (QED) is 0.771. The highest BCUT2D eigenvalue weighted by molar-refractivity contribution is 7.89. The third-order valence-electron chi connectivity index (χ3n) is 3.15. The minimum atomic E-state index is -3.71. The molecule has 0 spiro atoms. The average molecular weight is 313 g/mol. The number of carbonyl (C=O) groups excluding carboxylic acids is 1. The zero-order valence-electron chi connectivity index (χ0n) is 12.7. The number of benzene rings is 1. The Bertz CT molecular complexity index is 599. The maximum absolute atomic E-state index is 12.7. The van der Waals surface area contributed by atoms with Crippen LogP contribution in [-0.4, -0.2) is 38.3 Å². The van der Waals surface area contributed by atoms with E-state index in [1.807, 2.05) is 0 Å². The minimum absolute atomic E-state index is 0.182. The molecular formula is C14H23N3O3S. The van der Waals surface area contributed by atoms with Crippen molar-refractivity contribution in [2.75, 3.05) is 19.6 Å². The molecule has 1 rings (SSSR count). The maximum atomic E-state index is 12.7. The molecule has 7 heteroatoms. The largest absolute Gasteiger partial charge is 0.355 e. The normalized spacial score (nSPS) is 11.7. The van der Waals surface area contributed by atoms with Gasteiger partial charge in [-0.15, -0.1) is 0 Å².